The van der Waals surface area contributed by atoms with Crippen LogP contribution in [0.5, 0.6) is 0 Å². The first-order chi connectivity index (χ1) is 8.55. The van der Waals surface area contributed by atoms with Crippen LogP contribution in [0.1, 0.15) is 45.7 Å². The number of hydrogen-bond acceptors (Lipinski definition) is 3. The van der Waals surface area contributed by atoms with Crippen LogP contribution < -0.4 is 5.32 Å². The Morgan fingerprint density at radius 2 is 2.33 bits per heavy atom. The summed E-state index contributed by atoms with van der Waals surface area (Å²) in [7, 11) is 0. The van der Waals surface area contributed by atoms with Gasteiger partial charge >= 0.3 is 0 Å². The molecule has 2 unspecified atom stereocenters. The van der Waals surface area contributed by atoms with E-state index in [1.54, 1.807) is 0 Å². The molecule has 1 aliphatic rings. The lowest BCUT2D eigenvalue weighted by Crippen LogP contribution is -2.61. The van der Waals surface area contributed by atoms with Crippen molar-refractivity contribution < 1.29 is 4.74 Å². The fourth-order valence-corrected chi connectivity index (χ4v) is 2.68. The van der Waals surface area contributed by atoms with Crippen molar-refractivity contribution in [1.29, 1.82) is 0 Å². The average molecular weight is 248 g/mol. The monoisotopic (exact) mass is 248 g/mol. The van der Waals surface area contributed by atoms with Crippen molar-refractivity contribution in [2.75, 3.05) is 6.61 Å². The van der Waals surface area contributed by atoms with Crippen LogP contribution in [-0.4, -0.2) is 23.7 Å². The standard InChI is InChI=1S/C15H24N2O/c1-5-18-14-9-13(15(14,3)4)17-11(2)12-7-6-8-16-10-12/h6-8,10-11,13-14,17H,5,9H2,1-4H3/t11-,13?,14?/m0/s1. The summed E-state index contributed by atoms with van der Waals surface area (Å²) in [6.07, 6.45) is 5.24. The topological polar surface area (TPSA) is 34.1 Å². The highest BCUT2D eigenvalue weighted by molar-refractivity contribution is 5.14. The molecule has 0 bridgehead atoms. The van der Waals surface area contributed by atoms with Gasteiger partial charge in [-0.25, -0.2) is 0 Å². The van der Waals surface area contributed by atoms with E-state index in [0.29, 0.717) is 18.2 Å². The highest BCUT2D eigenvalue weighted by Crippen LogP contribution is 2.43. The van der Waals surface area contributed by atoms with Gasteiger partial charge in [0.15, 0.2) is 0 Å². The third-order valence-electron chi connectivity index (χ3n) is 4.18. The summed E-state index contributed by atoms with van der Waals surface area (Å²) < 4.78 is 5.76. The van der Waals surface area contributed by atoms with Crippen molar-refractivity contribution in [3.05, 3.63) is 30.1 Å². The van der Waals surface area contributed by atoms with E-state index < -0.39 is 0 Å². The molecule has 3 heteroatoms. The molecule has 0 aliphatic heterocycles. The minimum absolute atomic E-state index is 0.215. The Bertz CT molecular complexity index is 377. The van der Waals surface area contributed by atoms with E-state index in [1.165, 1.54) is 5.56 Å². The van der Waals surface area contributed by atoms with Gasteiger partial charge in [0.1, 0.15) is 0 Å². The molecule has 0 amide bonds. The lowest BCUT2D eigenvalue weighted by molar-refractivity contribution is -0.116. The van der Waals surface area contributed by atoms with E-state index in [0.717, 1.165) is 13.0 Å². The van der Waals surface area contributed by atoms with Gasteiger partial charge in [-0.05, 0) is 31.9 Å². The van der Waals surface area contributed by atoms with Crippen molar-refractivity contribution in [2.24, 2.45) is 5.41 Å². The molecule has 1 aromatic heterocycles. The largest absolute Gasteiger partial charge is 0.378 e. The molecule has 1 aromatic rings. The third-order valence-corrected chi connectivity index (χ3v) is 4.18. The summed E-state index contributed by atoms with van der Waals surface area (Å²) in [5.41, 5.74) is 1.46. The van der Waals surface area contributed by atoms with Crippen LogP contribution in [0.25, 0.3) is 0 Å². The van der Waals surface area contributed by atoms with Crippen molar-refractivity contribution in [1.82, 2.24) is 10.3 Å². The molecule has 1 heterocycles. The Balaban J connectivity index is 1.92. The number of pyridine rings is 1. The second-order valence-corrected chi connectivity index (χ2v) is 5.73. The van der Waals surface area contributed by atoms with Crippen LogP contribution in [0.3, 0.4) is 0 Å². The minimum Gasteiger partial charge on any atom is -0.378 e. The number of nitrogens with one attached hydrogen (secondary N) is 1. The summed E-state index contributed by atoms with van der Waals surface area (Å²) in [4.78, 5) is 4.17. The van der Waals surface area contributed by atoms with Gasteiger partial charge in [0.25, 0.3) is 0 Å². The molecule has 2 rings (SSSR count). The molecule has 3 nitrogen and oxygen atoms in total. The fourth-order valence-electron chi connectivity index (χ4n) is 2.68. The van der Waals surface area contributed by atoms with Crippen molar-refractivity contribution >= 4 is 0 Å². The van der Waals surface area contributed by atoms with Gasteiger partial charge in [0.05, 0.1) is 6.10 Å². The Morgan fingerprint density at radius 1 is 1.56 bits per heavy atom. The highest BCUT2D eigenvalue weighted by atomic mass is 16.5. The Kier molecular flexibility index (Phi) is 4.03. The summed E-state index contributed by atoms with van der Waals surface area (Å²) in [5.74, 6) is 0. The third kappa shape index (κ3) is 2.57. The molecule has 100 valence electrons. The molecule has 0 radical (unpaired) electrons. The first-order valence-electron chi connectivity index (χ1n) is 6.83. The zero-order chi connectivity index (χ0) is 13.2. The molecule has 0 aromatic carbocycles. The number of aromatic nitrogens is 1. The molecular formula is C15H24N2O. The zero-order valence-corrected chi connectivity index (χ0v) is 11.8. The predicted molar refractivity (Wildman–Crippen MR) is 73.4 cm³/mol. The van der Waals surface area contributed by atoms with Crippen molar-refractivity contribution in [2.45, 2.75) is 52.3 Å². The SMILES string of the molecule is CCOC1CC(N[C@@H](C)c2cccnc2)C1(C)C. The van der Waals surface area contributed by atoms with Crippen LogP contribution in [0, 0.1) is 5.41 Å². The van der Waals surface area contributed by atoms with E-state index in [-0.39, 0.29) is 5.41 Å². The molecular weight excluding hydrogens is 224 g/mol. The second kappa shape index (κ2) is 5.37. The van der Waals surface area contributed by atoms with Gasteiger partial charge in [-0.1, -0.05) is 19.9 Å². The maximum atomic E-state index is 5.76. The lowest BCUT2D eigenvalue weighted by Gasteiger charge is -2.52. The molecule has 18 heavy (non-hydrogen) atoms. The molecule has 0 spiro atoms. The number of hydrogen-bond donors (Lipinski definition) is 1. The summed E-state index contributed by atoms with van der Waals surface area (Å²) >= 11 is 0. The zero-order valence-electron chi connectivity index (χ0n) is 11.8. The normalized spacial score (nSPS) is 27.6. The molecule has 1 aliphatic carbocycles. The molecule has 1 saturated carbocycles. The maximum absolute atomic E-state index is 5.76. The van der Waals surface area contributed by atoms with Gasteiger partial charge in [0, 0.05) is 36.5 Å². The number of ether oxygens (including phenoxy) is 1. The van der Waals surface area contributed by atoms with Crippen LogP contribution in [0.15, 0.2) is 24.5 Å². The van der Waals surface area contributed by atoms with E-state index in [1.807, 2.05) is 18.5 Å². The van der Waals surface area contributed by atoms with Crippen LogP contribution >= 0.6 is 0 Å². The smallest absolute Gasteiger partial charge is 0.0655 e. The molecule has 1 fully saturated rings. The molecule has 1 N–H and O–H groups in total. The summed E-state index contributed by atoms with van der Waals surface area (Å²) in [6.45, 7) is 9.63. The summed E-state index contributed by atoms with van der Waals surface area (Å²) in [6, 6.07) is 4.97. The molecule has 0 saturated heterocycles. The van der Waals surface area contributed by atoms with E-state index in [2.05, 4.69) is 44.1 Å². The van der Waals surface area contributed by atoms with Crippen LogP contribution in [0.2, 0.25) is 0 Å². The number of nitrogens with zero attached hydrogens (tertiary/aromatic N) is 1. The van der Waals surface area contributed by atoms with Crippen LogP contribution in [-0.2, 0) is 4.74 Å². The first kappa shape index (κ1) is 13.5. The average Bonchev–Trinajstić information content (AvgIpc) is 2.38. The maximum Gasteiger partial charge on any atom is 0.0655 e. The molecule has 3 atom stereocenters. The van der Waals surface area contributed by atoms with Gasteiger partial charge < -0.3 is 10.1 Å². The van der Waals surface area contributed by atoms with Gasteiger partial charge in [-0.2, -0.15) is 0 Å². The quantitative estimate of drug-likeness (QED) is 0.870. The fraction of sp³-hybridized carbons (Fsp3) is 0.667. The van der Waals surface area contributed by atoms with E-state index in [9.17, 15) is 0 Å². The van der Waals surface area contributed by atoms with E-state index in [4.69, 9.17) is 4.74 Å². The van der Waals surface area contributed by atoms with E-state index >= 15 is 0 Å². The Morgan fingerprint density at radius 3 is 2.89 bits per heavy atom. The number of rotatable bonds is 5. The Labute approximate surface area is 110 Å². The van der Waals surface area contributed by atoms with Gasteiger partial charge in [-0.3, -0.25) is 4.98 Å². The second-order valence-electron chi connectivity index (χ2n) is 5.73. The van der Waals surface area contributed by atoms with Crippen molar-refractivity contribution in [3.8, 4) is 0 Å². The van der Waals surface area contributed by atoms with Crippen LogP contribution in [0.4, 0.5) is 0 Å². The Hall–Kier alpha value is -0.930. The summed E-state index contributed by atoms with van der Waals surface area (Å²) in [5, 5.41) is 3.69. The highest BCUT2D eigenvalue weighted by Gasteiger charge is 2.49. The predicted octanol–water partition coefficient (Wildman–Crippen LogP) is 2.94. The minimum atomic E-state index is 0.215. The lowest BCUT2D eigenvalue weighted by atomic mass is 9.64. The van der Waals surface area contributed by atoms with Gasteiger partial charge in [0.2, 0.25) is 0 Å². The van der Waals surface area contributed by atoms with Crippen molar-refractivity contribution in [3.63, 3.8) is 0 Å². The first-order valence-corrected chi connectivity index (χ1v) is 6.83. The van der Waals surface area contributed by atoms with Gasteiger partial charge in [-0.15, -0.1) is 0 Å².